The van der Waals surface area contributed by atoms with E-state index >= 15 is 0 Å². The summed E-state index contributed by atoms with van der Waals surface area (Å²) in [5.41, 5.74) is 11.5. The molecule has 0 aliphatic heterocycles. The molecule has 9 heteroatoms. The third-order valence-corrected chi connectivity index (χ3v) is 4.06. The molecule has 1 saturated carbocycles. The van der Waals surface area contributed by atoms with Crippen LogP contribution in [-0.2, 0) is 6.54 Å². The quantitative estimate of drug-likeness (QED) is 0.471. The summed E-state index contributed by atoms with van der Waals surface area (Å²) in [6.07, 6.45) is 2.48. The highest BCUT2D eigenvalue weighted by atomic mass is 32.1. The first-order chi connectivity index (χ1) is 11.1. The van der Waals surface area contributed by atoms with Gasteiger partial charge < -0.3 is 26.5 Å². The van der Waals surface area contributed by atoms with Gasteiger partial charge in [0.2, 0.25) is 0 Å². The van der Waals surface area contributed by atoms with Crippen LogP contribution in [-0.4, -0.2) is 23.5 Å². The molecule has 6 N–H and O–H groups in total. The molecule has 0 bridgehead atoms. The topological polar surface area (TPSA) is 132 Å². The third kappa shape index (κ3) is 4.46. The normalized spacial score (nSPS) is 14.7. The number of nitrogens with two attached hydrogens (primary N) is 2. The van der Waals surface area contributed by atoms with Gasteiger partial charge in [-0.2, -0.15) is 0 Å². The largest absolute Gasteiger partial charge is 0.458 e. The van der Waals surface area contributed by atoms with E-state index < -0.39 is 6.03 Å². The lowest BCUT2D eigenvalue weighted by atomic mass is 10.3. The van der Waals surface area contributed by atoms with Crippen LogP contribution >= 0.6 is 11.3 Å². The number of aromatic nitrogens is 1. The number of primary amides is 1. The molecule has 0 atom stereocenters. The summed E-state index contributed by atoms with van der Waals surface area (Å²) in [4.78, 5) is 19.4. The summed E-state index contributed by atoms with van der Waals surface area (Å²) in [7, 11) is 0. The average Bonchev–Trinajstić information content (AvgIpc) is 3.03. The van der Waals surface area contributed by atoms with E-state index in [1.165, 1.54) is 24.2 Å². The fourth-order valence-electron chi connectivity index (χ4n) is 1.91. The zero-order valence-corrected chi connectivity index (χ0v) is 13.2. The van der Waals surface area contributed by atoms with E-state index in [0.717, 1.165) is 6.54 Å². The molecular formula is C14H18N6O2S. The molecule has 23 heavy (non-hydrogen) atoms. The summed E-state index contributed by atoms with van der Waals surface area (Å²) in [6, 6.07) is 2.97. The number of hydrogen-bond acceptors (Lipinski definition) is 5. The van der Waals surface area contributed by atoms with E-state index in [4.69, 9.17) is 15.9 Å². The number of nitrogens with zero attached hydrogens (tertiary/aromatic N) is 2. The fourth-order valence-corrected chi connectivity index (χ4v) is 2.61. The van der Waals surface area contributed by atoms with Crippen LogP contribution in [0.15, 0.2) is 26.9 Å². The molecular weight excluding hydrogens is 316 g/mol. The van der Waals surface area contributed by atoms with E-state index in [1.807, 2.05) is 5.38 Å². The van der Waals surface area contributed by atoms with E-state index in [0.29, 0.717) is 34.2 Å². The first-order valence-electron chi connectivity index (χ1n) is 7.25. The number of anilines is 1. The first kappa shape index (κ1) is 15.3. The van der Waals surface area contributed by atoms with Crippen molar-refractivity contribution in [3.8, 4) is 11.5 Å². The van der Waals surface area contributed by atoms with Crippen molar-refractivity contribution in [1.29, 1.82) is 0 Å². The molecule has 122 valence electrons. The molecule has 0 radical (unpaired) electrons. The van der Waals surface area contributed by atoms with Crippen molar-refractivity contribution in [3.05, 3.63) is 23.3 Å². The second-order valence-corrected chi connectivity index (χ2v) is 6.17. The van der Waals surface area contributed by atoms with Gasteiger partial charge in [-0.15, -0.1) is 11.3 Å². The van der Waals surface area contributed by atoms with Crippen LogP contribution in [0.4, 0.5) is 9.93 Å². The molecule has 2 aromatic heterocycles. The van der Waals surface area contributed by atoms with Crippen LogP contribution < -0.4 is 22.1 Å². The van der Waals surface area contributed by atoms with E-state index in [1.54, 1.807) is 12.1 Å². The number of rotatable bonds is 6. The molecule has 1 aliphatic carbocycles. The Bertz CT molecular complexity index is 718. The Kier molecular flexibility index (Phi) is 4.47. The van der Waals surface area contributed by atoms with Gasteiger partial charge in [-0.3, -0.25) is 4.99 Å². The summed E-state index contributed by atoms with van der Waals surface area (Å²) in [5, 5.41) is 7.97. The Balaban J connectivity index is 1.59. The van der Waals surface area contributed by atoms with Gasteiger partial charge in [-0.05, 0) is 30.9 Å². The molecule has 2 heterocycles. The first-order valence-corrected chi connectivity index (χ1v) is 8.13. The number of hydrogen-bond donors (Lipinski definition) is 4. The lowest BCUT2D eigenvalue weighted by molar-refractivity contribution is 0.247. The molecule has 0 saturated heterocycles. The number of carbonyl (C=O) groups is 1. The number of amides is 2. The minimum absolute atomic E-state index is 0.241. The fraction of sp³-hybridized carbons (Fsp3) is 0.357. The maximum atomic E-state index is 10.7. The van der Waals surface area contributed by atoms with Gasteiger partial charge in [0.25, 0.3) is 0 Å². The van der Waals surface area contributed by atoms with Gasteiger partial charge in [-0.25, -0.2) is 9.78 Å². The van der Waals surface area contributed by atoms with Crippen LogP contribution in [0.3, 0.4) is 0 Å². The Morgan fingerprint density at radius 1 is 1.43 bits per heavy atom. The maximum absolute atomic E-state index is 10.7. The molecule has 1 aliphatic rings. The van der Waals surface area contributed by atoms with Crippen LogP contribution in [0.25, 0.3) is 11.5 Å². The van der Waals surface area contributed by atoms with Crippen molar-refractivity contribution in [2.24, 2.45) is 22.4 Å². The number of carbonyl (C=O) groups excluding carboxylic acids is 1. The van der Waals surface area contributed by atoms with Crippen molar-refractivity contribution in [2.75, 3.05) is 11.9 Å². The number of aliphatic imine (C=N–C) groups is 1. The molecule has 3 rings (SSSR count). The van der Waals surface area contributed by atoms with Gasteiger partial charge in [0.15, 0.2) is 16.9 Å². The van der Waals surface area contributed by atoms with Crippen molar-refractivity contribution < 1.29 is 9.21 Å². The number of thiazole rings is 1. The van der Waals surface area contributed by atoms with Crippen molar-refractivity contribution in [1.82, 2.24) is 10.3 Å². The number of furan rings is 1. The van der Waals surface area contributed by atoms with Gasteiger partial charge in [0.05, 0.1) is 6.54 Å². The predicted molar refractivity (Wildman–Crippen MR) is 89.1 cm³/mol. The monoisotopic (exact) mass is 334 g/mol. The van der Waals surface area contributed by atoms with Crippen LogP contribution in [0.2, 0.25) is 0 Å². The van der Waals surface area contributed by atoms with E-state index in [2.05, 4.69) is 20.6 Å². The smallest absolute Gasteiger partial charge is 0.312 e. The molecule has 0 spiro atoms. The van der Waals surface area contributed by atoms with E-state index in [9.17, 15) is 4.79 Å². The average molecular weight is 334 g/mol. The Morgan fingerprint density at radius 3 is 3.00 bits per heavy atom. The highest BCUT2D eigenvalue weighted by Gasteiger charge is 2.20. The second-order valence-electron chi connectivity index (χ2n) is 5.32. The molecule has 8 nitrogen and oxygen atoms in total. The second kappa shape index (κ2) is 6.69. The minimum Gasteiger partial charge on any atom is -0.458 e. The summed E-state index contributed by atoms with van der Waals surface area (Å²) in [5.74, 6) is 2.29. The lowest BCUT2D eigenvalue weighted by Crippen LogP contribution is -2.28. The molecule has 0 unspecified atom stereocenters. The zero-order chi connectivity index (χ0) is 16.2. The van der Waals surface area contributed by atoms with E-state index in [-0.39, 0.29) is 6.54 Å². The maximum Gasteiger partial charge on any atom is 0.312 e. The van der Waals surface area contributed by atoms with Gasteiger partial charge >= 0.3 is 6.03 Å². The standard InChI is InChI=1S/C14H18N6O2S/c15-12(17-5-8-1-2-8)20-14-19-10(7-23-14)11-4-3-9(22-11)6-18-13(16)21/h3-4,7-8H,1-2,5-6H2,(H3,16,18,21)(H3,15,17,19,20). The van der Waals surface area contributed by atoms with Gasteiger partial charge in [0.1, 0.15) is 11.5 Å². The summed E-state index contributed by atoms with van der Waals surface area (Å²) < 4.78 is 5.61. The molecule has 1 fully saturated rings. The van der Waals surface area contributed by atoms with Gasteiger partial charge in [0, 0.05) is 11.9 Å². The van der Waals surface area contributed by atoms with Gasteiger partial charge in [-0.1, -0.05) is 0 Å². The highest BCUT2D eigenvalue weighted by molar-refractivity contribution is 7.14. The molecule has 2 aromatic rings. The molecule has 0 aromatic carbocycles. The number of guanidine groups is 1. The predicted octanol–water partition coefficient (Wildman–Crippen LogP) is 1.71. The molecule has 2 amide bonds. The Hall–Kier alpha value is -2.55. The van der Waals surface area contributed by atoms with Crippen LogP contribution in [0, 0.1) is 5.92 Å². The zero-order valence-electron chi connectivity index (χ0n) is 12.4. The van der Waals surface area contributed by atoms with Crippen molar-refractivity contribution in [2.45, 2.75) is 19.4 Å². The van der Waals surface area contributed by atoms with Crippen LogP contribution in [0.1, 0.15) is 18.6 Å². The number of nitrogens with one attached hydrogen (secondary N) is 2. The Morgan fingerprint density at radius 2 is 2.26 bits per heavy atom. The minimum atomic E-state index is -0.593. The lowest BCUT2D eigenvalue weighted by Gasteiger charge is -2.00. The van der Waals surface area contributed by atoms with Crippen molar-refractivity contribution >= 4 is 28.5 Å². The number of urea groups is 1. The Labute approximate surface area is 137 Å². The highest BCUT2D eigenvalue weighted by Crippen LogP contribution is 2.29. The SMILES string of the molecule is NC(=O)NCc1ccc(-c2csc(NC(N)=NCC3CC3)n2)o1. The van der Waals surface area contributed by atoms with Crippen LogP contribution in [0.5, 0.6) is 0 Å². The third-order valence-electron chi connectivity index (χ3n) is 3.31. The summed E-state index contributed by atoms with van der Waals surface area (Å²) in [6.45, 7) is 1.01. The summed E-state index contributed by atoms with van der Waals surface area (Å²) >= 11 is 1.42. The van der Waals surface area contributed by atoms with Crippen molar-refractivity contribution in [3.63, 3.8) is 0 Å².